The quantitative estimate of drug-likeness (QED) is 0.509. The van der Waals surface area contributed by atoms with E-state index in [1.54, 1.807) is 0 Å². The summed E-state index contributed by atoms with van der Waals surface area (Å²) in [7, 11) is 0. The molecule has 1 heterocycles. The summed E-state index contributed by atoms with van der Waals surface area (Å²) in [6.07, 6.45) is 0. The van der Waals surface area contributed by atoms with Gasteiger partial charge in [0.2, 0.25) is 0 Å². The predicted octanol–water partition coefficient (Wildman–Crippen LogP) is 5.01. The van der Waals surface area contributed by atoms with E-state index in [0.29, 0.717) is 11.0 Å². The van der Waals surface area contributed by atoms with Crippen molar-refractivity contribution in [3.63, 3.8) is 0 Å². The number of nitrogens with zero attached hydrogens (tertiary/aromatic N) is 2. The van der Waals surface area contributed by atoms with E-state index < -0.39 is 0 Å². The van der Waals surface area contributed by atoms with E-state index >= 15 is 0 Å². The number of hydrogen-bond acceptors (Lipinski definition) is 2. The average Bonchev–Trinajstić information content (AvgIpc) is 2.31. The van der Waals surface area contributed by atoms with Crippen LogP contribution >= 0.6 is 34.2 Å². The maximum absolute atomic E-state index is 6.26. The van der Waals surface area contributed by atoms with Crippen molar-refractivity contribution in [1.29, 1.82) is 0 Å². The summed E-state index contributed by atoms with van der Waals surface area (Å²) < 4.78 is 0.933. The van der Waals surface area contributed by atoms with Gasteiger partial charge >= 0.3 is 0 Å². The molecule has 0 fully saturated rings. The van der Waals surface area contributed by atoms with Crippen LogP contribution in [0.15, 0.2) is 24.3 Å². The van der Waals surface area contributed by atoms with Crippen molar-refractivity contribution in [1.82, 2.24) is 9.97 Å². The minimum Gasteiger partial charge on any atom is -0.231 e. The topological polar surface area (TPSA) is 25.8 Å². The zero-order chi connectivity index (χ0) is 14.2. The second kappa shape index (κ2) is 5.37. The molecule has 1 aromatic carbocycles. The molecule has 0 unspecified atom stereocenters. The van der Waals surface area contributed by atoms with Crippen LogP contribution in [0, 0.1) is 10.5 Å². The normalized spacial score (nSPS) is 11.7. The first kappa shape index (κ1) is 14.7. The lowest BCUT2D eigenvalue weighted by Crippen LogP contribution is -2.17. The van der Waals surface area contributed by atoms with E-state index in [4.69, 9.17) is 16.6 Å². The van der Waals surface area contributed by atoms with E-state index in [-0.39, 0.29) is 5.41 Å². The number of rotatable bonds is 1. The molecule has 2 aromatic rings. The first-order valence-corrected chi connectivity index (χ1v) is 7.55. The standard InChI is InChI=1S/C15H16ClIN2/c1-9-6-5-7-10(8-9)14-18-12(15(2,3)4)11(17)13(16)19-14/h5-8H,1-4H3. The second-order valence-corrected chi connectivity index (χ2v) is 7.06. The first-order valence-electron chi connectivity index (χ1n) is 6.09. The monoisotopic (exact) mass is 386 g/mol. The highest BCUT2D eigenvalue weighted by Gasteiger charge is 2.22. The van der Waals surface area contributed by atoms with Crippen molar-refractivity contribution in [2.45, 2.75) is 33.1 Å². The fraction of sp³-hybridized carbons (Fsp3) is 0.333. The minimum atomic E-state index is -0.0539. The van der Waals surface area contributed by atoms with Gasteiger partial charge in [0.05, 0.1) is 9.26 Å². The fourth-order valence-corrected chi connectivity index (χ4v) is 3.05. The predicted molar refractivity (Wildman–Crippen MR) is 88.6 cm³/mol. The van der Waals surface area contributed by atoms with Crippen LogP contribution < -0.4 is 0 Å². The zero-order valence-corrected chi connectivity index (χ0v) is 14.4. The lowest BCUT2D eigenvalue weighted by molar-refractivity contribution is 0.563. The highest BCUT2D eigenvalue weighted by molar-refractivity contribution is 14.1. The van der Waals surface area contributed by atoms with E-state index in [1.165, 1.54) is 5.56 Å². The van der Waals surface area contributed by atoms with E-state index in [1.807, 2.05) is 12.1 Å². The van der Waals surface area contributed by atoms with Crippen molar-refractivity contribution < 1.29 is 0 Å². The van der Waals surface area contributed by atoms with Crippen LogP contribution in [0.25, 0.3) is 11.4 Å². The Bertz CT molecular complexity index is 618. The fourth-order valence-electron chi connectivity index (χ4n) is 1.83. The third kappa shape index (κ3) is 3.26. The number of aromatic nitrogens is 2. The molecule has 0 aliphatic rings. The average molecular weight is 387 g/mol. The van der Waals surface area contributed by atoms with Gasteiger partial charge < -0.3 is 0 Å². The van der Waals surface area contributed by atoms with Crippen LogP contribution in [-0.2, 0) is 5.41 Å². The minimum absolute atomic E-state index is 0.0539. The molecule has 4 heteroatoms. The van der Waals surface area contributed by atoms with Gasteiger partial charge in [0.15, 0.2) is 5.82 Å². The summed E-state index contributed by atoms with van der Waals surface area (Å²) in [5, 5.41) is 0.525. The molecule has 2 nitrogen and oxygen atoms in total. The molecule has 0 saturated heterocycles. The number of hydrogen-bond donors (Lipinski definition) is 0. The Labute approximate surface area is 132 Å². The van der Waals surface area contributed by atoms with Crippen LogP contribution in [-0.4, -0.2) is 9.97 Å². The van der Waals surface area contributed by atoms with Crippen molar-refractivity contribution in [3.05, 3.63) is 44.2 Å². The molecule has 0 spiro atoms. The largest absolute Gasteiger partial charge is 0.231 e. The molecule has 0 bridgehead atoms. The smallest absolute Gasteiger partial charge is 0.161 e. The summed E-state index contributed by atoms with van der Waals surface area (Å²) in [4.78, 5) is 9.12. The zero-order valence-electron chi connectivity index (χ0n) is 11.5. The molecule has 1 aromatic heterocycles. The Balaban J connectivity index is 2.63. The molecular weight excluding hydrogens is 371 g/mol. The molecule has 0 aliphatic carbocycles. The molecule has 100 valence electrons. The molecular formula is C15H16ClIN2. The second-order valence-electron chi connectivity index (χ2n) is 5.62. The van der Waals surface area contributed by atoms with Gasteiger partial charge in [-0.2, -0.15) is 0 Å². The molecule has 19 heavy (non-hydrogen) atoms. The molecule has 2 rings (SSSR count). The molecule has 0 atom stereocenters. The van der Waals surface area contributed by atoms with Crippen molar-refractivity contribution >= 4 is 34.2 Å². The molecule has 0 saturated carbocycles. The van der Waals surface area contributed by atoms with E-state index in [2.05, 4.69) is 67.4 Å². The van der Waals surface area contributed by atoms with Gasteiger partial charge in [-0.05, 0) is 35.6 Å². The van der Waals surface area contributed by atoms with Crippen molar-refractivity contribution in [3.8, 4) is 11.4 Å². The SMILES string of the molecule is Cc1cccc(-c2nc(Cl)c(I)c(C(C)(C)C)n2)c1. The molecule has 0 radical (unpaired) electrons. The summed E-state index contributed by atoms with van der Waals surface area (Å²) >= 11 is 8.47. The third-order valence-corrected chi connectivity index (χ3v) is 4.41. The Hall–Kier alpha value is -0.680. The molecule has 0 N–H and O–H groups in total. The van der Waals surface area contributed by atoms with Crippen molar-refractivity contribution in [2.75, 3.05) is 0 Å². The Morgan fingerprint density at radius 3 is 2.42 bits per heavy atom. The van der Waals surface area contributed by atoms with Crippen LogP contribution in [0.2, 0.25) is 5.15 Å². The van der Waals surface area contributed by atoms with Crippen molar-refractivity contribution in [2.24, 2.45) is 0 Å². The van der Waals surface area contributed by atoms with Gasteiger partial charge in [-0.3, -0.25) is 0 Å². The molecule has 0 amide bonds. The Kier molecular flexibility index (Phi) is 4.16. The number of aryl methyl sites for hydroxylation is 1. The summed E-state index contributed by atoms with van der Waals surface area (Å²) in [5.74, 6) is 0.694. The van der Waals surface area contributed by atoms with Gasteiger partial charge in [-0.25, -0.2) is 9.97 Å². The molecule has 0 aliphatic heterocycles. The first-order chi connectivity index (χ1) is 8.79. The lowest BCUT2D eigenvalue weighted by atomic mass is 9.92. The Morgan fingerprint density at radius 2 is 1.84 bits per heavy atom. The maximum Gasteiger partial charge on any atom is 0.161 e. The summed E-state index contributed by atoms with van der Waals surface area (Å²) in [5.41, 5.74) is 3.13. The summed E-state index contributed by atoms with van der Waals surface area (Å²) in [6, 6.07) is 8.15. The highest BCUT2D eigenvalue weighted by atomic mass is 127. The van der Waals surface area contributed by atoms with Gasteiger partial charge in [0.1, 0.15) is 5.15 Å². The highest BCUT2D eigenvalue weighted by Crippen LogP contribution is 2.31. The van der Waals surface area contributed by atoms with Crippen LogP contribution in [0.4, 0.5) is 0 Å². The third-order valence-electron chi connectivity index (χ3n) is 2.80. The van der Waals surface area contributed by atoms with Gasteiger partial charge in [-0.15, -0.1) is 0 Å². The summed E-state index contributed by atoms with van der Waals surface area (Å²) in [6.45, 7) is 8.46. The maximum atomic E-state index is 6.26. The van der Waals surface area contributed by atoms with Crippen LogP contribution in [0.1, 0.15) is 32.0 Å². The lowest BCUT2D eigenvalue weighted by Gasteiger charge is -2.20. The van der Waals surface area contributed by atoms with E-state index in [0.717, 1.165) is 14.8 Å². The number of benzene rings is 1. The Morgan fingerprint density at radius 1 is 1.16 bits per heavy atom. The van der Waals surface area contributed by atoms with Crippen LogP contribution in [0.5, 0.6) is 0 Å². The van der Waals surface area contributed by atoms with Gasteiger partial charge in [0, 0.05) is 11.0 Å². The van der Waals surface area contributed by atoms with Gasteiger partial charge in [0.25, 0.3) is 0 Å². The number of halogens is 2. The van der Waals surface area contributed by atoms with Gasteiger partial charge in [-0.1, -0.05) is 56.1 Å². The van der Waals surface area contributed by atoms with Crippen LogP contribution in [0.3, 0.4) is 0 Å². The van der Waals surface area contributed by atoms with E-state index in [9.17, 15) is 0 Å².